The van der Waals surface area contributed by atoms with Gasteiger partial charge in [0.15, 0.2) is 5.11 Å². The smallest absolute Gasteiger partial charge is 0.248 e. The number of primary amides is 1. The van der Waals surface area contributed by atoms with Crippen LogP contribution in [0.25, 0.3) is 0 Å². The van der Waals surface area contributed by atoms with Gasteiger partial charge in [-0.2, -0.15) is 0 Å². The molecule has 0 spiro atoms. The van der Waals surface area contributed by atoms with E-state index in [-0.39, 0.29) is 5.11 Å². The number of hydrogen-bond acceptors (Lipinski definition) is 2. The Bertz CT molecular complexity index is 390. The Morgan fingerprint density at radius 3 is 2.50 bits per heavy atom. The second-order valence-corrected chi connectivity index (χ2v) is 3.32. The van der Waals surface area contributed by atoms with Crippen molar-refractivity contribution in [3.63, 3.8) is 0 Å². The van der Waals surface area contributed by atoms with Gasteiger partial charge >= 0.3 is 0 Å². The first-order valence-electron chi connectivity index (χ1n) is 3.97. The summed E-state index contributed by atoms with van der Waals surface area (Å²) in [7, 11) is 0. The number of benzene rings is 1. The molecule has 0 aliphatic heterocycles. The van der Waals surface area contributed by atoms with E-state index in [1.807, 2.05) is 0 Å². The van der Waals surface area contributed by atoms with Crippen LogP contribution in [0.1, 0.15) is 15.9 Å². The monoisotopic (exact) mass is 209 g/mol. The SMILES string of the molecule is Cc1cc(NC(N)=S)ccc1C(N)=O. The fraction of sp³-hybridized carbons (Fsp3) is 0.111. The summed E-state index contributed by atoms with van der Waals surface area (Å²) >= 11 is 4.68. The van der Waals surface area contributed by atoms with Gasteiger partial charge in [-0.05, 0) is 42.9 Å². The maximum atomic E-state index is 10.9. The summed E-state index contributed by atoms with van der Waals surface area (Å²) in [4.78, 5) is 10.9. The fourth-order valence-electron chi connectivity index (χ4n) is 1.16. The Labute approximate surface area is 87.3 Å². The fourth-order valence-corrected chi connectivity index (χ4v) is 1.28. The van der Waals surface area contributed by atoms with Crippen molar-refractivity contribution in [3.8, 4) is 0 Å². The number of anilines is 1. The molecule has 1 rings (SSSR count). The maximum Gasteiger partial charge on any atom is 0.248 e. The third-order valence-corrected chi connectivity index (χ3v) is 1.86. The van der Waals surface area contributed by atoms with Crippen LogP contribution < -0.4 is 16.8 Å². The van der Waals surface area contributed by atoms with Gasteiger partial charge in [0.1, 0.15) is 0 Å². The van der Waals surface area contributed by atoms with Gasteiger partial charge < -0.3 is 16.8 Å². The molecule has 4 nitrogen and oxygen atoms in total. The van der Waals surface area contributed by atoms with Crippen LogP contribution in [-0.2, 0) is 0 Å². The van der Waals surface area contributed by atoms with Crippen LogP contribution in [-0.4, -0.2) is 11.0 Å². The van der Waals surface area contributed by atoms with Crippen molar-refractivity contribution in [1.82, 2.24) is 0 Å². The summed E-state index contributed by atoms with van der Waals surface area (Å²) in [5.41, 5.74) is 12.5. The number of hydrogen-bond donors (Lipinski definition) is 3. The second-order valence-electron chi connectivity index (χ2n) is 2.88. The van der Waals surface area contributed by atoms with Gasteiger partial charge in [0.05, 0.1) is 0 Å². The number of carbonyl (C=O) groups excluding carboxylic acids is 1. The van der Waals surface area contributed by atoms with Crippen molar-refractivity contribution in [1.29, 1.82) is 0 Å². The molecular weight excluding hydrogens is 198 g/mol. The molecule has 0 unspecified atom stereocenters. The third-order valence-electron chi connectivity index (χ3n) is 1.76. The lowest BCUT2D eigenvalue weighted by Crippen LogP contribution is -2.19. The highest BCUT2D eigenvalue weighted by molar-refractivity contribution is 7.80. The topological polar surface area (TPSA) is 81.1 Å². The molecule has 14 heavy (non-hydrogen) atoms. The first-order valence-corrected chi connectivity index (χ1v) is 4.38. The quantitative estimate of drug-likeness (QED) is 0.628. The lowest BCUT2D eigenvalue weighted by atomic mass is 10.1. The average Bonchev–Trinajstić information content (AvgIpc) is 2.01. The molecular formula is C9H11N3OS. The molecule has 0 aliphatic rings. The number of aryl methyl sites for hydroxylation is 1. The molecule has 0 saturated carbocycles. The van der Waals surface area contributed by atoms with Gasteiger partial charge in [-0.3, -0.25) is 4.79 Å². The maximum absolute atomic E-state index is 10.9. The van der Waals surface area contributed by atoms with E-state index < -0.39 is 5.91 Å². The largest absolute Gasteiger partial charge is 0.376 e. The molecule has 0 heterocycles. The third kappa shape index (κ3) is 2.43. The predicted molar refractivity (Wildman–Crippen MR) is 60.1 cm³/mol. The molecule has 74 valence electrons. The highest BCUT2D eigenvalue weighted by Gasteiger charge is 2.04. The average molecular weight is 209 g/mol. The van der Waals surface area contributed by atoms with E-state index in [1.165, 1.54) is 0 Å². The second kappa shape index (κ2) is 4.06. The van der Waals surface area contributed by atoms with Gasteiger partial charge in [-0.25, -0.2) is 0 Å². The Morgan fingerprint density at radius 2 is 2.07 bits per heavy atom. The van der Waals surface area contributed by atoms with E-state index in [9.17, 15) is 4.79 Å². The van der Waals surface area contributed by atoms with Crippen LogP contribution >= 0.6 is 12.2 Å². The van der Waals surface area contributed by atoms with Crippen molar-refractivity contribution in [3.05, 3.63) is 29.3 Å². The van der Waals surface area contributed by atoms with Crippen LogP contribution in [0.2, 0.25) is 0 Å². The van der Waals surface area contributed by atoms with E-state index in [2.05, 4.69) is 17.5 Å². The zero-order chi connectivity index (χ0) is 10.7. The molecule has 1 aromatic carbocycles. The lowest BCUT2D eigenvalue weighted by molar-refractivity contribution is 0.1000. The molecule has 0 atom stereocenters. The predicted octanol–water partition coefficient (Wildman–Crippen LogP) is 0.749. The van der Waals surface area contributed by atoms with E-state index >= 15 is 0 Å². The Hall–Kier alpha value is -1.62. The zero-order valence-electron chi connectivity index (χ0n) is 7.70. The molecule has 1 amide bonds. The Balaban J connectivity index is 3.00. The molecule has 0 radical (unpaired) electrons. The molecule has 0 aliphatic carbocycles. The van der Waals surface area contributed by atoms with E-state index in [0.717, 1.165) is 11.3 Å². The van der Waals surface area contributed by atoms with Crippen LogP contribution in [0.5, 0.6) is 0 Å². The summed E-state index contributed by atoms with van der Waals surface area (Å²) in [6.07, 6.45) is 0. The minimum absolute atomic E-state index is 0.191. The summed E-state index contributed by atoms with van der Waals surface area (Å²) in [6.45, 7) is 1.80. The van der Waals surface area contributed by atoms with Gasteiger partial charge in [0, 0.05) is 11.3 Å². The van der Waals surface area contributed by atoms with Gasteiger partial charge in [0.25, 0.3) is 0 Å². The highest BCUT2D eigenvalue weighted by atomic mass is 32.1. The number of carbonyl (C=O) groups is 1. The minimum atomic E-state index is -0.440. The van der Waals surface area contributed by atoms with Crippen molar-refractivity contribution in [2.24, 2.45) is 11.5 Å². The van der Waals surface area contributed by atoms with Crippen LogP contribution in [0.4, 0.5) is 5.69 Å². The molecule has 0 fully saturated rings. The number of amides is 1. The zero-order valence-corrected chi connectivity index (χ0v) is 8.52. The summed E-state index contributed by atoms with van der Waals surface area (Å²) in [5.74, 6) is -0.440. The van der Waals surface area contributed by atoms with Crippen molar-refractivity contribution in [2.45, 2.75) is 6.92 Å². The van der Waals surface area contributed by atoms with E-state index in [1.54, 1.807) is 25.1 Å². The van der Waals surface area contributed by atoms with E-state index in [4.69, 9.17) is 11.5 Å². The lowest BCUT2D eigenvalue weighted by Gasteiger charge is -2.06. The molecule has 5 heteroatoms. The normalized spacial score (nSPS) is 9.50. The van der Waals surface area contributed by atoms with Crippen molar-refractivity contribution >= 4 is 28.9 Å². The molecule has 0 aromatic heterocycles. The Kier molecular flexibility index (Phi) is 3.03. The van der Waals surface area contributed by atoms with Crippen LogP contribution in [0.15, 0.2) is 18.2 Å². The molecule has 0 saturated heterocycles. The molecule has 0 bridgehead atoms. The van der Waals surface area contributed by atoms with E-state index in [0.29, 0.717) is 5.56 Å². The minimum Gasteiger partial charge on any atom is -0.376 e. The van der Waals surface area contributed by atoms with Crippen molar-refractivity contribution in [2.75, 3.05) is 5.32 Å². The molecule has 1 aromatic rings. The van der Waals surface area contributed by atoms with Crippen LogP contribution in [0, 0.1) is 6.92 Å². The first-order chi connectivity index (χ1) is 6.50. The summed E-state index contributed by atoms with van der Waals surface area (Å²) < 4.78 is 0. The summed E-state index contributed by atoms with van der Waals surface area (Å²) in [5, 5.41) is 2.96. The first kappa shape index (κ1) is 10.5. The number of rotatable bonds is 2. The van der Waals surface area contributed by atoms with Crippen molar-refractivity contribution < 1.29 is 4.79 Å². The van der Waals surface area contributed by atoms with Gasteiger partial charge in [-0.15, -0.1) is 0 Å². The number of nitrogens with one attached hydrogen (secondary N) is 1. The van der Waals surface area contributed by atoms with Gasteiger partial charge in [0.2, 0.25) is 5.91 Å². The highest BCUT2D eigenvalue weighted by Crippen LogP contribution is 2.14. The standard InChI is InChI=1S/C9H11N3OS/c1-5-4-6(12-9(11)14)2-3-7(5)8(10)13/h2-4H,1H3,(H2,10,13)(H3,11,12,14). The summed E-state index contributed by atoms with van der Waals surface area (Å²) in [6, 6.07) is 5.10. The van der Waals surface area contributed by atoms with Crippen LogP contribution in [0.3, 0.4) is 0 Å². The Morgan fingerprint density at radius 1 is 1.43 bits per heavy atom. The molecule has 5 N–H and O–H groups in total. The number of nitrogens with two attached hydrogens (primary N) is 2. The number of thiocarbonyl (C=S) groups is 1. The van der Waals surface area contributed by atoms with Gasteiger partial charge in [-0.1, -0.05) is 0 Å².